The van der Waals surface area contributed by atoms with Gasteiger partial charge in [-0.15, -0.1) is 18.2 Å². The summed E-state index contributed by atoms with van der Waals surface area (Å²) in [7, 11) is 0. The number of nitrogens with zero attached hydrogens (tertiary/aromatic N) is 2. The Kier molecular flexibility index (Phi) is 13.4. The molecule has 1 N–H and O–H groups in total. The zero-order valence-corrected chi connectivity index (χ0v) is 42.3. The molecular weight excluding hydrogens is 991 g/mol. The van der Waals surface area contributed by atoms with Crippen LogP contribution in [0.1, 0.15) is 104 Å². The van der Waals surface area contributed by atoms with Crippen molar-refractivity contribution in [2.24, 2.45) is 0 Å². The van der Waals surface area contributed by atoms with E-state index < -0.39 is 0 Å². The van der Waals surface area contributed by atoms with Gasteiger partial charge in [0.15, 0.2) is 0 Å². The quantitative estimate of drug-likeness (QED) is 0.154. The molecule has 2 aromatic heterocycles. The number of aromatic nitrogens is 2. The van der Waals surface area contributed by atoms with Crippen molar-refractivity contribution < 1.29 is 30.6 Å². The SMILES string of the molecule is CC(C)(C)c1cc(-c2cc(-c3[c-]c(-c4cc(-c5ccc(C(C)(C)c6ccc(F)cc6)cc5)ccn4)cc(-c4ccccc4)c3)nc(-c3cccc(C(C)(C)C)c3O)c2)cc(C(C)(C)C)c1.[Pt]. The normalized spacial score (nSPS) is 12.2. The number of hydrogen-bond donors (Lipinski definition) is 1. The number of benzene rings is 6. The summed E-state index contributed by atoms with van der Waals surface area (Å²) in [6.45, 7) is 24.3. The summed E-state index contributed by atoms with van der Waals surface area (Å²) in [5, 5.41) is 12.0. The second kappa shape index (κ2) is 18.4. The van der Waals surface area contributed by atoms with Crippen LogP contribution >= 0.6 is 0 Å². The molecule has 0 amide bonds. The topological polar surface area (TPSA) is 46.0 Å². The molecule has 0 bridgehead atoms. The number of hydrogen-bond acceptors (Lipinski definition) is 3. The van der Waals surface area contributed by atoms with Gasteiger partial charge in [-0.1, -0.05) is 202 Å². The summed E-state index contributed by atoms with van der Waals surface area (Å²) < 4.78 is 13.8. The Morgan fingerprint density at radius 3 is 1.55 bits per heavy atom. The van der Waals surface area contributed by atoms with E-state index in [0.29, 0.717) is 11.3 Å². The van der Waals surface area contributed by atoms with Gasteiger partial charge in [-0.3, -0.25) is 9.97 Å². The van der Waals surface area contributed by atoms with Gasteiger partial charge in [0.25, 0.3) is 0 Å². The molecule has 0 aliphatic heterocycles. The van der Waals surface area contributed by atoms with E-state index in [9.17, 15) is 9.50 Å². The number of phenolic OH excluding ortho intramolecular Hbond substituents is 1. The van der Waals surface area contributed by atoms with Crippen LogP contribution in [0.15, 0.2) is 158 Å². The zero-order valence-electron chi connectivity index (χ0n) is 40.0. The molecule has 2 heterocycles. The molecular formula is C61H60FN2OPt-. The Morgan fingerprint density at radius 1 is 0.439 bits per heavy atom. The number of aromatic hydroxyl groups is 1. The molecule has 8 aromatic rings. The molecule has 8 rings (SSSR count). The van der Waals surface area contributed by atoms with Gasteiger partial charge in [0.2, 0.25) is 0 Å². The third kappa shape index (κ3) is 10.2. The van der Waals surface area contributed by atoms with Gasteiger partial charge >= 0.3 is 0 Å². The summed E-state index contributed by atoms with van der Waals surface area (Å²) in [5.41, 5.74) is 15.7. The minimum absolute atomic E-state index is 0. The minimum atomic E-state index is -0.303. The maximum absolute atomic E-state index is 13.8. The van der Waals surface area contributed by atoms with Crippen LogP contribution in [0.4, 0.5) is 4.39 Å². The minimum Gasteiger partial charge on any atom is -0.507 e. The third-order valence-electron chi connectivity index (χ3n) is 12.7. The van der Waals surface area contributed by atoms with Crippen LogP contribution in [0.3, 0.4) is 0 Å². The van der Waals surface area contributed by atoms with Gasteiger partial charge in [-0.05, 0) is 102 Å². The molecule has 0 unspecified atom stereocenters. The van der Waals surface area contributed by atoms with Crippen molar-refractivity contribution in [1.82, 2.24) is 9.97 Å². The van der Waals surface area contributed by atoms with Gasteiger partial charge in [0.05, 0.1) is 5.69 Å². The Morgan fingerprint density at radius 2 is 0.955 bits per heavy atom. The molecule has 0 aliphatic rings. The smallest absolute Gasteiger partial charge is 0.128 e. The number of rotatable bonds is 8. The molecule has 0 radical (unpaired) electrons. The van der Waals surface area contributed by atoms with Gasteiger partial charge in [-0.2, -0.15) is 0 Å². The first-order valence-corrected chi connectivity index (χ1v) is 22.6. The van der Waals surface area contributed by atoms with Crippen molar-refractivity contribution >= 4 is 0 Å². The second-order valence-corrected chi connectivity index (χ2v) is 21.1. The average molecular weight is 1050 g/mol. The molecule has 0 spiro atoms. The largest absolute Gasteiger partial charge is 0.507 e. The standard InChI is InChI=1S/C61H60FN2O.Pt/c1-58(2,3)49-33-43(34-50(38-49)59(4,5)6)44-36-55(64-56(37-44)52-18-15-19-53(57(52)65)60(7,8)9)46-31-42(39-16-13-12-14-17-39)30-45(32-46)54-35-41(28-29-63-54)40-20-22-47(23-21-40)61(10,11)48-24-26-51(62)27-25-48;/h12-31,33-38,65H,1-11H3;/q-1;. The van der Waals surface area contributed by atoms with Crippen molar-refractivity contribution in [2.45, 2.75) is 97.8 Å². The van der Waals surface area contributed by atoms with Crippen LogP contribution in [0.2, 0.25) is 0 Å². The van der Waals surface area contributed by atoms with Crippen LogP contribution in [0, 0.1) is 11.9 Å². The molecule has 0 aliphatic carbocycles. The van der Waals surface area contributed by atoms with Crippen LogP contribution < -0.4 is 0 Å². The van der Waals surface area contributed by atoms with E-state index in [2.05, 4.69) is 179 Å². The van der Waals surface area contributed by atoms with E-state index in [1.165, 1.54) is 23.3 Å². The molecule has 3 nitrogen and oxygen atoms in total. The predicted molar refractivity (Wildman–Crippen MR) is 270 cm³/mol. The fraction of sp³-hybridized carbons (Fsp3) is 0.246. The molecule has 5 heteroatoms. The molecule has 338 valence electrons. The first kappa shape index (κ1) is 48.0. The van der Waals surface area contributed by atoms with Crippen LogP contribution in [-0.4, -0.2) is 15.1 Å². The van der Waals surface area contributed by atoms with Gasteiger partial charge in [0, 0.05) is 49.6 Å². The van der Waals surface area contributed by atoms with Crippen LogP contribution in [0.25, 0.3) is 67.2 Å². The Labute approximate surface area is 406 Å². The molecule has 66 heavy (non-hydrogen) atoms. The molecule has 0 fully saturated rings. The van der Waals surface area contributed by atoms with Crippen molar-refractivity contribution in [3.63, 3.8) is 0 Å². The second-order valence-electron chi connectivity index (χ2n) is 21.1. The summed E-state index contributed by atoms with van der Waals surface area (Å²) in [5.74, 6) is 0.00514. The van der Waals surface area contributed by atoms with E-state index in [-0.39, 0.29) is 54.3 Å². The van der Waals surface area contributed by atoms with Gasteiger partial charge in [-0.25, -0.2) is 4.39 Å². The van der Waals surface area contributed by atoms with E-state index in [1.54, 1.807) is 0 Å². The van der Waals surface area contributed by atoms with Crippen molar-refractivity contribution in [3.8, 4) is 72.9 Å². The Bertz CT molecular complexity index is 2970. The summed E-state index contributed by atoms with van der Waals surface area (Å²) in [4.78, 5) is 10.3. The van der Waals surface area contributed by atoms with E-state index >= 15 is 0 Å². The van der Waals surface area contributed by atoms with Crippen LogP contribution in [-0.2, 0) is 42.7 Å². The molecule has 6 aromatic carbocycles. The fourth-order valence-electron chi connectivity index (χ4n) is 8.50. The Hall–Kier alpha value is -5.96. The van der Waals surface area contributed by atoms with Crippen LogP contribution in [0.5, 0.6) is 5.75 Å². The van der Waals surface area contributed by atoms with E-state index in [1.807, 2.05) is 48.7 Å². The third-order valence-corrected chi connectivity index (χ3v) is 12.7. The maximum Gasteiger partial charge on any atom is 0.128 e. The van der Waals surface area contributed by atoms with E-state index in [0.717, 1.165) is 72.6 Å². The number of halogens is 1. The van der Waals surface area contributed by atoms with Crippen molar-refractivity contribution in [1.29, 1.82) is 0 Å². The number of para-hydroxylation sites is 1. The number of pyridine rings is 2. The number of phenols is 1. The molecule has 0 atom stereocenters. The fourth-order valence-corrected chi connectivity index (χ4v) is 8.50. The van der Waals surface area contributed by atoms with Crippen molar-refractivity contribution in [3.05, 3.63) is 198 Å². The zero-order chi connectivity index (χ0) is 46.5. The Balaban J connectivity index is 0.00000648. The van der Waals surface area contributed by atoms with Crippen molar-refractivity contribution in [2.75, 3.05) is 0 Å². The average Bonchev–Trinajstić information content (AvgIpc) is 3.28. The molecule has 0 saturated carbocycles. The first-order chi connectivity index (χ1) is 30.6. The summed E-state index contributed by atoms with van der Waals surface area (Å²) in [6.07, 6.45) is 1.86. The molecule has 0 saturated heterocycles. The van der Waals surface area contributed by atoms with E-state index in [4.69, 9.17) is 9.97 Å². The predicted octanol–water partition coefficient (Wildman–Crippen LogP) is 16.3. The summed E-state index contributed by atoms with van der Waals surface area (Å²) >= 11 is 0. The van der Waals surface area contributed by atoms with Gasteiger partial charge < -0.3 is 5.11 Å². The summed E-state index contributed by atoms with van der Waals surface area (Å²) in [6, 6.07) is 55.3. The van der Waals surface area contributed by atoms with Gasteiger partial charge in [0.1, 0.15) is 11.6 Å². The first-order valence-electron chi connectivity index (χ1n) is 22.6. The maximum atomic E-state index is 13.8. The monoisotopic (exact) mass is 1050 g/mol.